The summed E-state index contributed by atoms with van der Waals surface area (Å²) < 4.78 is 0. The quantitative estimate of drug-likeness (QED) is 0.673. The third-order valence-electron chi connectivity index (χ3n) is 5.32. The lowest BCUT2D eigenvalue weighted by atomic mass is 9.75. The van der Waals surface area contributed by atoms with Crippen LogP contribution in [0.1, 0.15) is 86.0 Å². The SMILES string of the molecule is CC1CCC(C(C)(C)O)CC1.CC1CCC(C)CC1. The van der Waals surface area contributed by atoms with E-state index in [-0.39, 0.29) is 0 Å². The largest absolute Gasteiger partial charge is 0.390 e. The molecular weight excluding hydrogens is 232 g/mol. The van der Waals surface area contributed by atoms with Crippen molar-refractivity contribution in [3.63, 3.8) is 0 Å². The average molecular weight is 268 g/mol. The van der Waals surface area contributed by atoms with Gasteiger partial charge in [-0.2, -0.15) is 0 Å². The molecule has 0 unspecified atom stereocenters. The van der Waals surface area contributed by atoms with Crippen LogP contribution in [0.25, 0.3) is 0 Å². The van der Waals surface area contributed by atoms with Gasteiger partial charge in [0.05, 0.1) is 5.60 Å². The fourth-order valence-electron chi connectivity index (χ4n) is 3.39. The molecule has 1 heteroatoms. The highest BCUT2D eigenvalue weighted by molar-refractivity contribution is 4.81. The summed E-state index contributed by atoms with van der Waals surface area (Å²) in [6, 6.07) is 0. The van der Waals surface area contributed by atoms with Crippen molar-refractivity contribution in [1.29, 1.82) is 0 Å². The van der Waals surface area contributed by atoms with Gasteiger partial charge in [0.25, 0.3) is 0 Å². The molecule has 2 aliphatic carbocycles. The summed E-state index contributed by atoms with van der Waals surface area (Å²) in [6.45, 7) is 10.9. The van der Waals surface area contributed by atoms with E-state index in [1.165, 1.54) is 51.4 Å². The van der Waals surface area contributed by atoms with E-state index in [2.05, 4.69) is 20.8 Å². The van der Waals surface area contributed by atoms with Gasteiger partial charge in [-0.1, -0.05) is 59.3 Å². The Morgan fingerprint density at radius 1 is 0.632 bits per heavy atom. The van der Waals surface area contributed by atoms with Crippen LogP contribution in [0.3, 0.4) is 0 Å². The minimum absolute atomic E-state index is 0.444. The summed E-state index contributed by atoms with van der Waals surface area (Å²) in [5, 5.41) is 9.73. The Labute approximate surface area is 121 Å². The van der Waals surface area contributed by atoms with Crippen molar-refractivity contribution in [2.45, 2.75) is 91.6 Å². The second-order valence-electron chi connectivity index (χ2n) is 7.98. The summed E-state index contributed by atoms with van der Waals surface area (Å²) >= 11 is 0. The van der Waals surface area contributed by atoms with Crippen LogP contribution in [-0.2, 0) is 0 Å². The van der Waals surface area contributed by atoms with E-state index in [1.54, 1.807) is 0 Å². The Hall–Kier alpha value is -0.0400. The second-order valence-corrected chi connectivity index (χ2v) is 7.98. The first-order valence-corrected chi connectivity index (χ1v) is 8.51. The van der Waals surface area contributed by atoms with Gasteiger partial charge in [0.15, 0.2) is 0 Å². The van der Waals surface area contributed by atoms with Gasteiger partial charge in [0.2, 0.25) is 0 Å². The monoisotopic (exact) mass is 268 g/mol. The Kier molecular flexibility index (Phi) is 6.86. The summed E-state index contributed by atoms with van der Waals surface area (Å²) in [5.41, 5.74) is -0.444. The molecule has 114 valence electrons. The molecule has 0 amide bonds. The van der Waals surface area contributed by atoms with Crippen molar-refractivity contribution in [2.75, 3.05) is 0 Å². The van der Waals surface area contributed by atoms with Gasteiger partial charge in [-0.05, 0) is 50.4 Å². The Bertz CT molecular complexity index is 215. The van der Waals surface area contributed by atoms with E-state index in [0.717, 1.165) is 17.8 Å². The zero-order chi connectivity index (χ0) is 14.5. The van der Waals surface area contributed by atoms with Crippen LogP contribution in [-0.4, -0.2) is 10.7 Å². The molecule has 19 heavy (non-hydrogen) atoms. The number of hydrogen-bond acceptors (Lipinski definition) is 1. The van der Waals surface area contributed by atoms with Crippen LogP contribution in [0, 0.1) is 23.7 Å². The molecule has 2 fully saturated rings. The maximum Gasteiger partial charge on any atom is 0.0619 e. The van der Waals surface area contributed by atoms with Gasteiger partial charge in [0, 0.05) is 0 Å². The average Bonchev–Trinajstić information content (AvgIpc) is 2.33. The minimum Gasteiger partial charge on any atom is -0.390 e. The van der Waals surface area contributed by atoms with Gasteiger partial charge in [0.1, 0.15) is 0 Å². The molecule has 2 saturated carbocycles. The van der Waals surface area contributed by atoms with Gasteiger partial charge < -0.3 is 5.11 Å². The lowest BCUT2D eigenvalue weighted by Gasteiger charge is -2.34. The standard InChI is InChI=1S/C10H20O.C8H16/c1-8-4-6-9(7-5-8)10(2,3)11;1-7-3-5-8(2)6-4-7/h8-9,11H,4-7H2,1-3H3;7-8H,3-6H2,1-2H3. The molecular formula is C18H36O. The molecule has 0 spiro atoms. The highest BCUT2D eigenvalue weighted by Gasteiger charge is 2.29. The van der Waals surface area contributed by atoms with Crippen molar-refractivity contribution in [1.82, 2.24) is 0 Å². The molecule has 2 aliphatic rings. The molecule has 0 aromatic carbocycles. The van der Waals surface area contributed by atoms with E-state index in [4.69, 9.17) is 0 Å². The zero-order valence-electron chi connectivity index (χ0n) is 13.9. The van der Waals surface area contributed by atoms with Crippen molar-refractivity contribution >= 4 is 0 Å². The maximum atomic E-state index is 9.73. The summed E-state index contributed by atoms with van der Waals surface area (Å²) in [7, 11) is 0. The van der Waals surface area contributed by atoms with Crippen LogP contribution in [0.5, 0.6) is 0 Å². The Morgan fingerprint density at radius 2 is 0.895 bits per heavy atom. The van der Waals surface area contributed by atoms with Crippen LogP contribution in [0.2, 0.25) is 0 Å². The number of hydrogen-bond donors (Lipinski definition) is 1. The van der Waals surface area contributed by atoms with E-state index in [1.807, 2.05) is 13.8 Å². The molecule has 0 aliphatic heterocycles. The molecule has 1 N–H and O–H groups in total. The fourth-order valence-corrected chi connectivity index (χ4v) is 3.39. The van der Waals surface area contributed by atoms with E-state index >= 15 is 0 Å². The van der Waals surface area contributed by atoms with Crippen molar-refractivity contribution in [3.8, 4) is 0 Å². The molecule has 1 nitrogen and oxygen atoms in total. The predicted octanol–water partition coefficient (Wildman–Crippen LogP) is 5.42. The third kappa shape index (κ3) is 6.79. The molecule has 0 aromatic heterocycles. The third-order valence-corrected chi connectivity index (χ3v) is 5.32. The maximum absolute atomic E-state index is 9.73. The fraction of sp³-hybridized carbons (Fsp3) is 1.00. The molecule has 0 radical (unpaired) electrons. The molecule has 2 rings (SSSR count). The Balaban J connectivity index is 0.000000200. The highest BCUT2D eigenvalue weighted by Crippen LogP contribution is 2.34. The summed E-state index contributed by atoms with van der Waals surface area (Å²) in [5.74, 6) is 3.46. The first-order valence-electron chi connectivity index (χ1n) is 8.51. The molecule has 0 saturated heterocycles. The van der Waals surface area contributed by atoms with Gasteiger partial charge in [-0.3, -0.25) is 0 Å². The number of rotatable bonds is 1. The van der Waals surface area contributed by atoms with Gasteiger partial charge >= 0.3 is 0 Å². The van der Waals surface area contributed by atoms with Gasteiger partial charge in [-0.25, -0.2) is 0 Å². The molecule has 0 heterocycles. The highest BCUT2D eigenvalue weighted by atomic mass is 16.3. The van der Waals surface area contributed by atoms with Crippen molar-refractivity contribution < 1.29 is 5.11 Å². The Morgan fingerprint density at radius 3 is 1.16 bits per heavy atom. The molecule has 0 aromatic rings. The van der Waals surface area contributed by atoms with E-state index in [9.17, 15) is 5.11 Å². The number of aliphatic hydroxyl groups is 1. The first-order chi connectivity index (χ1) is 8.79. The van der Waals surface area contributed by atoms with Crippen LogP contribution in [0.4, 0.5) is 0 Å². The smallest absolute Gasteiger partial charge is 0.0619 e. The summed E-state index contributed by atoms with van der Waals surface area (Å²) in [6.07, 6.45) is 10.9. The molecule has 0 atom stereocenters. The summed E-state index contributed by atoms with van der Waals surface area (Å²) in [4.78, 5) is 0. The van der Waals surface area contributed by atoms with E-state index < -0.39 is 5.60 Å². The van der Waals surface area contributed by atoms with Crippen LogP contribution in [0.15, 0.2) is 0 Å². The second kappa shape index (κ2) is 7.67. The lowest BCUT2D eigenvalue weighted by molar-refractivity contribution is -0.00466. The zero-order valence-corrected chi connectivity index (χ0v) is 13.9. The van der Waals surface area contributed by atoms with Crippen LogP contribution >= 0.6 is 0 Å². The predicted molar refractivity (Wildman–Crippen MR) is 84.2 cm³/mol. The van der Waals surface area contributed by atoms with Gasteiger partial charge in [-0.15, -0.1) is 0 Å². The normalized spacial score (nSPS) is 36.3. The van der Waals surface area contributed by atoms with Crippen LogP contribution < -0.4 is 0 Å². The molecule has 0 bridgehead atoms. The van der Waals surface area contributed by atoms with Crippen molar-refractivity contribution in [2.24, 2.45) is 23.7 Å². The topological polar surface area (TPSA) is 20.2 Å². The van der Waals surface area contributed by atoms with Crippen molar-refractivity contribution in [3.05, 3.63) is 0 Å². The first kappa shape index (κ1) is 17.0. The lowest BCUT2D eigenvalue weighted by Crippen LogP contribution is -2.33. The minimum atomic E-state index is -0.444. The van der Waals surface area contributed by atoms with E-state index in [0.29, 0.717) is 5.92 Å².